The number of nitrogen functional groups attached to an aromatic ring is 1. The summed E-state index contributed by atoms with van der Waals surface area (Å²) in [5.74, 6) is 0. The van der Waals surface area contributed by atoms with Crippen LogP contribution in [0.3, 0.4) is 0 Å². The second kappa shape index (κ2) is 5.73. The third-order valence-electron chi connectivity index (χ3n) is 1.50. The molecule has 0 amide bonds. The van der Waals surface area contributed by atoms with Crippen LogP contribution in [-0.4, -0.2) is 0 Å². The molecule has 0 aliphatic rings. The number of nitrogens with two attached hydrogens (primary N) is 1. The van der Waals surface area contributed by atoms with Crippen LogP contribution in [0, 0.1) is 6.92 Å². The van der Waals surface area contributed by atoms with Gasteiger partial charge in [-0.3, -0.25) is 0 Å². The number of benzene rings is 1. The third-order valence-corrected chi connectivity index (χ3v) is 1.50. The fourth-order valence-corrected chi connectivity index (χ4v) is 0.952. The van der Waals surface area contributed by atoms with Crippen LogP contribution in [0.25, 0.3) is 0 Å². The molecule has 0 aromatic heterocycles. The topological polar surface area (TPSA) is 26.0 Å². The molecule has 2 N–H and O–H groups in total. The molecule has 0 saturated heterocycles. The molecule has 1 rings (SSSR count). The molecule has 0 aliphatic carbocycles. The summed E-state index contributed by atoms with van der Waals surface area (Å²) in [6.45, 7) is 3.77. The molecule has 0 heterocycles. The molecule has 0 atom stereocenters. The van der Waals surface area contributed by atoms with Crippen molar-refractivity contribution < 1.29 is 32.7 Å². The van der Waals surface area contributed by atoms with Gasteiger partial charge in [0, 0.05) is 38.4 Å². The Bertz CT molecular complexity index is 210. The number of para-hydroxylation sites is 1. The molecule has 1 radical (unpaired) electrons. The van der Waals surface area contributed by atoms with Gasteiger partial charge in [-0.2, -0.15) is 6.42 Å². The summed E-state index contributed by atoms with van der Waals surface area (Å²) in [4.78, 5) is 0. The summed E-state index contributed by atoms with van der Waals surface area (Å²) in [6, 6.07) is 7.91. The minimum Gasteiger partial charge on any atom is -0.399 e. The summed E-state index contributed by atoms with van der Waals surface area (Å²) >= 11 is 0. The second-order valence-electron chi connectivity index (χ2n) is 2.30. The molecule has 1 aromatic rings. The number of anilines is 1. The van der Waals surface area contributed by atoms with Crippen molar-refractivity contribution in [3.05, 3.63) is 36.8 Å². The zero-order chi connectivity index (χ0) is 7.40. The van der Waals surface area contributed by atoms with E-state index in [1.807, 2.05) is 24.3 Å². The van der Waals surface area contributed by atoms with E-state index in [4.69, 9.17) is 5.73 Å². The largest absolute Gasteiger partial charge is 0.399 e. The van der Waals surface area contributed by atoms with E-state index in [1.165, 1.54) is 5.56 Å². The van der Waals surface area contributed by atoms with Gasteiger partial charge in [0.25, 0.3) is 0 Å². The van der Waals surface area contributed by atoms with Gasteiger partial charge in [-0.05, 0) is 11.6 Å². The van der Waals surface area contributed by atoms with Crippen LogP contribution < -0.4 is 5.73 Å². The average Bonchev–Trinajstić information content (AvgIpc) is 1.94. The zero-order valence-electron chi connectivity index (χ0n) is 6.59. The summed E-state index contributed by atoms with van der Waals surface area (Å²) in [5.41, 5.74) is 7.77. The van der Waals surface area contributed by atoms with Crippen molar-refractivity contribution in [1.29, 1.82) is 0 Å². The van der Waals surface area contributed by atoms with E-state index in [2.05, 4.69) is 6.92 Å². The Morgan fingerprint density at radius 3 is 2.45 bits per heavy atom. The molecule has 0 saturated carbocycles. The van der Waals surface area contributed by atoms with E-state index in [0.29, 0.717) is 0 Å². The Kier molecular flexibility index (Phi) is 5.80. The van der Waals surface area contributed by atoms with Gasteiger partial charge in [0.1, 0.15) is 0 Å². The molecule has 1 aromatic carbocycles. The first-order chi connectivity index (χ1) is 4.84. The molecular formula is C9H12NY-. The predicted molar refractivity (Wildman–Crippen MR) is 44.5 cm³/mol. The SMILES string of the molecule is [CH2-]CCc1ccccc1N.[Y]. The minimum absolute atomic E-state index is 0. The summed E-state index contributed by atoms with van der Waals surface area (Å²) in [5, 5.41) is 0. The maximum atomic E-state index is 5.68. The minimum atomic E-state index is 0. The monoisotopic (exact) mass is 223 g/mol. The standard InChI is InChI=1S/C9H12N.Y/c1-2-5-8-6-3-4-7-9(8)10;/h3-4,6-7H,1-2,5,10H2;/q-1;. The Labute approximate surface area is 93.2 Å². The summed E-state index contributed by atoms with van der Waals surface area (Å²) in [7, 11) is 0. The Balaban J connectivity index is 0.000001000. The first kappa shape index (κ1) is 11.1. The summed E-state index contributed by atoms with van der Waals surface area (Å²) < 4.78 is 0. The fraction of sp³-hybridized carbons (Fsp3) is 0.222. The molecule has 0 fully saturated rings. The Hall–Kier alpha value is 0.124. The van der Waals surface area contributed by atoms with E-state index in [1.54, 1.807) is 0 Å². The predicted octanol–water partition coefficient (Wildman–Crippen LogP) is 2.03. The molecule has 0 bridgehead atoms. The van der Waals surface area contributed by atoms with Gasteiger partial charge in [0.15, 0.2) is 0 Å². The normalized spacial score (nSPS) is 8.82. The van der Waals surface area contributed by atoms with Crippen LogP contribution >= 0.6 is 0 Å². The van der Waals surface area contributed by atoms with Crippen molar-refractivity contribution in [3.8, 4) is 0 Å². The maximum absolute atomic E-state index is 5.68. The number of rotatable bonds is 2. The van der Waals surface area contributed by atoms with Crippen LogP contribution in [0.1, 0.15) is 12.0 Å². The van der Waals surface area contributed by atoms with Crippen molar-refractivity contribution in [2.24, 2.45) is 0 Å². The Morgan fingerprint density at radius 2 is 1.91 bits per heavy atom. The number of hydrogen-bond acceptors (Lipinski definition) is 1. The molecule has 2 heteroatoms. The quantitative estimate of drug-likeness (QED) is 0.602. The van der Waals surface area contributed by atoms with Crippen LogP contribution in [0.15, 0.2) is 24.3 Å². The van der Waals surface area contributed by atoms with Crippen LogP contribution in [0.2, 0.25) is 0 Å². The van der Waals surface area contributed by atoms with Gasteiger partial charge >= 0.3 is 0 Å². The zero-order valence-corrected chi connectivity index (χ0v) is 9.42. The van der Waals surface area contributed by atoms with Gasteiger partial charge < -0.3 is 12.7 Å². The summed E-state index contributed by atoms with van der Waals surface area (Å²) in [6.07, 6.45) is 1.89. The molecular weight excluding hydrogens is 211 g/mol. The number of aryl methyl sites for hydroxylation is 1. The smallest absolute Gasteiger partial charge is 0.0345 e. The van der Waals surface area contributed by atoms with E-state index >= 15 is 0 Å². The Morgan fingerprint density at radius 1 is 1.27 bits per heavy atom. The first-order valence-electron chi connectivity index (χ1n) is 3.47. The van der Waals surface area contributed by atoms with Crippen molar-refractivity contribution in [1.82, 2.24) is 0 Å². The van der Waals surface area contributed by atoms with Crippen LogP contribution in [0.5, 0.6) is 0 Å². The fourth-order valence-electron chi connectivity index (χ4n) is 0.952. The maximum Gasteiger partial charge on any atom is 0.0345 e. The van der Waals surface area contributed by atoms with E-state index < -0.39 is 0 Å². The number of hydrogen-bond donors (Lipinski definition) is 1. The van der Waals surface area contributed by atoms with Crippen molar-refractivity contribution in [2.75, 3.05) is 5.73 Å². The van der Waals surface area contributed by atoms with Gasteiger partial charge in [-0.15, -0.1) is 0 Å². The molecule has 57 valence electrons. The van der Waals surface area contributed by atoms with Crippen LogP contribution in [-0.2, 0) is 39.1 Å². The van der Waals surface area contributed by atoms with Gasteiger partial charge in [0.2, 0.25) is 0 Å². The average molecular weight is 223 g/mol. The van der Waals surface area contributed by atoms with Crippen molar-refractivity contribution >= 4 is 5.69 Å². The van der Waals surface area contributed by atoms with E-state index in [-0.39, 0.29) is 32.7 Å². The first-order valence-corrected chi connectivity index (χ1v) is 3.47. The molecule has 0 unspecified atom stereocenters. The van der Waals surface area contributed by atoms with Crippen molar-refractivity contribution in [3.63, 3.8) is 0 Å². The van der Waals surface area contributed by atoms with Crippen molar-refractivity contribution in [2.45, 2.75) is 12.8 Å². The van der Waals surface area contributed by atoms with Gasteiger partial charge in [0.05, 0.1) is 0 Å². The third kappa shape index (κ3) is 3.35. The second-order valence-corrected chi connectivity index (χ2v) is 2.30. The van der Waals surface area contributed by atoms with Gasteiger partial charge in [-0.1, -0.05) is 24.6 Å². The van der Waals surface area contributed by atoms with E-state index in [9.17, 15) is 0 Å². The molecule has 1 nitrogen and oxygen atoms in total. The van der Waals surface area contributed by atoms with Crippen LogP contribution in [0.4, 0.5) is 5.69 Å². The van der Waals surface area contributed by atoms with E-state index in [0.717, 1.165) is 18.5 Å². The molecule has 11 heavy (non-hydrogen) atoms. The van der Waals surface area contributed by atoms with Gasteiger partial charge in [-0.25, -0.2) is 0 Å². The molecule has 0 aliphatic heterocycles. The molecule has 0 spiro atoms.